The van der Waals surface area contributed by atoms with E-state index >= 15 is 0 Å². The molecule has 10 heteroatoms. The summed E-state index contributed by atoms with van der Waals surface area (Å²) in [7, 11) is 0. The molecular weight excluding hydrogens is 448 g/mol. The molecule has 4 rings (SSSR count). The molecular formula is C23H31ClN4O5. The number of ether oxygens (including phenoxy) is 1. The van der Waals surface area contributed by atoms with Crippen LogP contribution in [0.5, 0.6) is 0 Å². The van der Waals surface area contributed by atoms with Gasteiger partial charge in [0.2, 0.25) is 5.91 Å². The fraction of sp³-hybridized carbons (Fsp3) is 0.522. The van der Waals surface area contributed by atoms with Crippen LogP contribution in [-0.2, 0) is 14.9 Å². The first-order chi connectivity index (χ1) is 15.9. The van der Waals surface area contributed by atoms with Gasteiger partial charge in [-0.15, -0.1) is 0 Å². The Bertz CT molecular complexity index is 924. The topological polar surface area (TPSA) is 126 Å². The average Bonchev–Trinajstić information content (AvgIpc) is 3.54. The first kappa shape index (κ1) is 23.8. The lowest BCUT2D eigenvalue weighted by molar-refractivity contribution is -0.159. The summed E-state index contributed by atoms with van der Waals surface area (Å²) in [6.45, 7) is 0.563. The lowest BCUT2D eigenvalue weighted by Crippen LogP contribution is -2.58. The summed E-state index contributed by atoms with van der Waals surface area (Å²) in [6, 6.07) is 5.25. The van der Waals surface area contributed by atoms with Crippen LogP contribution < -0.4 is 16.0 Å². The molecule has 6 N–H and O–H groups in total. The molecule has 180 valence electrons. The van der Waals surface area contributed by atoms with E-state index in [1.165, 1.54) is 0 Å². The van der Waals surface area contributed by atoms with Gasteiger partial charge in [-0.1, -0.05) is 23.8 Å². The third-order valence-electron chi connectivity index (χ3n) is 6.22. The molecule has 1 amide bonds. The van der Waals surface area contributed by atoms with E-state index in [-0.39, 0.29) is 25.8 Å². The molecule has 33 heavy (non-hydrogen) atoms. The van der Waals surface area contributed by atoms with Crippen LogP contribution in [0.3, 0.4) is 0 Å². The Morgan fingerprint density at radius 1 is 1.36 bits per heavy atom. The first-order valence-corrected chi connectivity index (χ1v) is 11.5. The fourth-order valence-electron chi connectivity index (χ4n) is 4.33. The minimum absolute atomic E-state index is 0.0181. The van der Waals surface area contributed by atoms with Crippen molar-refractivity contribution in [2.24, 2.45) is 5.92 Å². The number of carbonyl (C=O) groups excluding carboxylic acids is 1. The van der Waals surface area contributed by atoms with Gasteiger partial charge in [-0.3, -0.25) is 4.79 Å². The summed E-state index contributed by atoms with van der Waals surface area (Å²) in [6.07, 6.45) is 6.78. The van der Waals surface area contributed by atoms with Crippen LogP contribution in [0.1, 0.15) is 18.4 Å². The van der Waals surface area contributed by atoms with Gasteiger partial charge < -0.3 is 40.9 Å². The number of fused-ring (bicyclic) bond motifs is 1. The number of amides is 1. The Morgan fingerprint density at radius 2 is 2.21 bits per heavy atom. The zero-order valence-electron chi connectivity index (χ0n) is 18.3. The fourth-order valence-corrected chi connectivity index (χ4v) is 4.50. The number of rotatable bonds is 7. The first-order valence-electron chi connectivity index (χ1n) is 11.2. The van der Waals surface area contributed by atoms with Crippen LogP contribution >= 0.6 is 11.6 Å². The van der Waals surface area contributed by atoms with E-state index in [0.29, 0.717) is 34.8 Å². The van der Waals surface area contributed by atoms with Crippen molar-refractivity contribution in [1.29, 1.82) is 0 Å². The Balaban J connectivity index is 1.57. The molecule has 1 aliphatic carbocycles. The number of aliphatic hydroxyl groups is 3. The number of hydrogen-bond donors (Lipinski definition) is 6. The van der Waals surface area contributed by atoms with Gasteiger partial charge in [0.05, 0.1) is 26.3 Å². The SMILES string of the molecule is O=C1N(C/C2=C/NCC/C=C\C3C[C@H]3N2)COCC1(CO)c1cc(Cl)ccc1NCC(O)O. The number of carbonyl (C=O) groups is 1. The van der Waals surface area contributed by atoms with Crippen LogP contribution in [0.4, 0.5) is 5.69 Å². The largest absolute Gasteiger partial charge is 0.395 e. The molecule has 3 aliphatic rings. The van der Waals surface area contributed by atoms with E-state index < -0.39 is 18.3 Å². The van der Waals surface area contributed by atoms with Crippen LogP contribution in [0.2, 0.25) is 5.02 Å². The lowest BCUT2D eigenvalue weighted by atomic mass is 9.78. The lowest BCUT2D eigenvalue weighted by Gasteiger charge is -2.41. The summed E-state index contributed by atoms with van der Waals surface area (Å²) < 4.78 is 5.80. The zero-order valence-corrected chi connectivity index (χ0v) is 19.1. The maximum absolute atomic E-state index is 13.8. The van der Waals surface area contributed by atoms with Gasteiger partial charge in [0, 0.05) is 35.2 Å². The van der Waals surface area contributed by atoms with Crippen molar-refractivity contribution < 1.29 is 24.9 Å². The van der Waals surface area contributed by atoms with Crippen LogP contribution in [0.15, 0.2) is 42.2 Å². The monoisotopic (exact) mass is 478 g/mol. The molecule has 0 spiro atoms. The maximum atomic E-state index is 13.8. The minimum Gasteiger partial charge on any atom is -0.395 e. The minimum atomic E-state index is -1.58. The molecule has 3 atom stereocenters. The van der Waals surface area contributed by atoms with Crippen molar-refractivity contribution in [3.05, 3.63) is 52.8 Å². The molecule has 2 aliphatic heterocycles. The molecule has 1 aromatic rings. The summed E-state index contributed by atoms with van der Waals surface area (Å²) in [5.74, 6) is 0.233. The van der Waals surface area contributed by atoms with Gasteiger partial charge in [-0.25, -0.2) is 0 Å². The van der Waals surface area contributed by atoms with Gasteiger partial charge in [0.25, 0.3) is 0 Å². The highest BCUT2D eigenvalue weighted by molar-refractivity contribution is 6.30. The summed E-state index contributed by atoms with van der Waals surface area (Å²) in [5.41, 5.74) is 0.439. The quantitative estimate of drug-likeness (QED) is 0.247. The van der Waals surface area contributed by atoms with Gasteiger partial charge in [0.15, 0.2) is 6.29 Å². The maximum Gasteiger partial charge on any atom is 0.240 e. The van der Waals surface area contributed by atoms with E-state index in [2.05, 4.69) is 28.1 Å². The summed E-state index contributed by atoms with van der Waals surface area (Å²) in [5, 5.41) is 39.1. The normalized spacial score (nSPS) is 29.9. The van der Waals surface area contributed by atoms with E-state index in [4.69, 9.17) is 16.3 Å². The van der Waals surface area contributed by atoms with Crippen molar-refractivity contribution in [3.8, 4) is 0 Å². The van der Waals surface area contributed by atoms with Crippen molar-refractivity contribution in [3.63, 3.8) is 0 Å². The van der Waals surface area contributed by atoms with Crippen molar-refractivity contribution in [2.75, 3.05) is 44.9 Å². The number of halogens is 1. The van der Waals surface area contributed by atoms with E-state index in [9.17, 15) is 20.1 Å². The van der Waals surface area contributed by atoms with Crippen LogP contribution in [0.25, 0.3) is 0 Å². The standard InChI is InChI=1S/C23H31ClN4O5/c24-16-4-5-19(26-10-21(30)31)18(8-16)23(12-29)13-33-14-28(22(23)32)11-17-9-25-6-2-1-3-15-7-20(15)27-17/h1,3-5,8-9,15,20-21,25-27,29-31H,2,6-7,10-14H2/b3-1-,17-9-/t15?,20-,23?/m1/s1. The average molecular weight is 479 g/mol. The van der Waals surface area contributed by atoms with Crippen molar-refractivity contribution in [1.82, 2.24) is 15.5 Å². The number of benzene rings is 1. The summed E-state index contributed by atoms with van der Waals surface area (Å²) >= 11 is 6.23. The number of hydrogen-bond acceptors (Lipinski definition) is 8. The highest BCUT2D eigenvalue weighted by Gasteiger charge is 2.48. The van der Waals surface area contributed by atoms with Crippen molar-refractivity contribution >= 4 is 23.2 Å². The molecule has 2 heterocycles. The molecule has 2 unspecified atom stereocenters. The molecule has 2 fully saturated rings. The smallest absolute Gasteiger partial charge is 0.240 e. The number of aliphatic hydroxyl groups excluding tert-OH is 2. The van der Waals surface area contributed by atoms with E-state index in [1.807, 2.05) is 6.20 Å². The highest BCUT2D eigenvalue weighted by atomic mass is 35.5. The van der Waals surface area contributed by atoms with E-state index in [0.717, 1.165) is 25.1 Å². The number of nitrogens with one attached hydrogen (secondary N) is 3. The zero-order chi connectivity index (χ0) is 23.4. The second-order valence-electron chi connectivity index (χ2n) is 8.76. The molecule has 1 saturated heterocycles. The highest BCUT2D eigenvalue weighted by Crippen LogP contribution is 2.37. The van der Waals surface area contributed by atoms with Gasteiger partial charge in [0.1, 0.15) is 12.1 Å². The second kappa shape index (κ2) is 10.3. The second-order valence-corrected chi connectivity index (χ2v) is 9.20. The third-order valence-corrected chi connectivity index (χ3v) is 6.46. The Hall–Kier alpha value is -2.30. The van der Waals surface area contributed by atoms with Gasteiger partial charge >= 0.3 is 0 Å². The van der Waals surface area contributed by atoms with Crippen LogP contribution in [-0.4, -0.2) is 78.0 Å². The Labute approximate surface area is 198 Å². The molecule has 1 saturated carbocycles. The Morgan fingerprint density at radius 3 is 3.00 bits per heavy atom. The Kier molecular flexibility index (Phi) is 7.45. The van der Waals surface area contributed by atoms with Gasteiger partial charge in [-0.05, 0) is 42.5 Å². The van der Waals surface area contributed by atoms with Crippen LogP contribution in [0, 0.1) is 5.92 Å². The van der Waals surface area contributed by atoms with E-state index in [1.54, 1.807) is 23.1 Å². The predicted octanol–water partition coefficient (Wildman–Crippen LogP) is 0.478. The number of anilines is 1. The number of nitrogens with zero attached hydrogens (tertiary/aromatic N) is 1. The third kappa shape index (κ3) is 5.44. The predicted molar refractivity (Wildman–Crippen MR) is 124 cm³/mol. The molecule has 9 nitrogen and oxygen atoms in total. The summed E-state index contributed by atoms with van der Waals surface area (Å²) in [4.78, 5) is 15.3. The van der Waals surface area contributed by atoms with Gasteiger partial charge in [-0.2, -0.15) is 0 Å². The molecule has 0 bridgehead atoms. The molecule has 0 radical (unpaired) electrons. The molecule has 0 aromatic heterocycles. The molecule has 1 aromatic carbocycles. The van der Waals surface area contributed by atoms with Crippen molar-refractivity contribution in [2.45, 2.75) is 30.6 Å².